The Kier molecular flexibility index (Phi) is 5.67. The zero-order valence-electron chi connectivity index (χ0n) is 17.8. The molecule has 31 heavy (non-hydrogen) atoms. The highest BCUT2D eigenvalue weighted by atomic mass is 19.1. The lowest BCUT2D eigenvalue weighted by atomic mass is 9.88. The van der Waals surface area contributed by atoms with Gasteiger partial charge in [-0.2, -0.15) is 0 Å². The summed E-state index contributed by atoms with van der Waals surface area (Å²) in [7, 11) is 3.47. The molecule has 1 aromatic heterocycles. The van der Waals surface area contributed by atoms with Crippen molar-refractivity contribution in [2.45, 2.75) is 37.8 Å². The van der Waals surface area contributed by atoms with Gasteiger partial charge in [-0.05, 0) is 54.8 Å². The average Bonchev–Trinajstić information content (AvgIpc) is 3.36. The van der Waals surface area contributed by atoms with Gasteiger partial charge in [0.2, 0.25) is 5.91 Å². The van der Waals surface area contributed by atoms with Gasteiger partial charge in [0.05, 0.1) is 5.54 Å². The van der Waals surface area contributed by atoms with E-state index in [9.17, 15) is 14.0 Å². The van der Waals surface area contributed by atoms with Gasteiger partial charge in [0.25, 0.3) is 0 Å². The second-order valence-corrected chi connectivity index (χ2v) is 8.38. The van der Waals surface area contributed by atoms with Crippen LogP contribution in [0.1, 0.15) is 31.2 Å². The number of urea groups is 1. The summed E-state index contributed by atoms with van der Waals surface area (Å²) in [6, 6.07) is 13.7. The van der Waals surface area contributed by atoms with Crippen LogP contribution in [-0.4, -0.2) is 35.5 Å². The summed E-state index contributed by atoms with van der Waals surface area (Å²) in [4.78, 5) is 26.4. The van der Waals surface area contributed by atoms with Crippen LogP contribution in [0.2, 0.25) is 0 Å². The van der Waals surface area contributed by atoms with Crippen molar-refractivity contribution in [3.8, 4) is 0 Å². The molecule has 1 fully saturated rings. The summed E-state index contributed by atoms with van der Waals surface area (Å²) in [5.41, 5.74) is 2.06. The molecule has 0 aliphatic heterocycles. The molecule has 3 aromatic rings. The van der Waals surface area contributed by atoms with Gasteiger partial charge in [0.1, 0.15) is 12.4 Å². The Labute approximate surface area is 181 Å². The number of halogens is 1. The van der Waals surface area contributed by atoms with Crippen molar-refractivity contribution < 1.29 is 14.0 Å². The van der Waals surface area contributed by atoms with Crippen molar-refractivity contribution in [1.29, 1.82) is 0 Å². The average molecular weight is 423 g/mol. The Hall–Kier alpha value is -3.35. The quantitative estimate of drug-likeness (QED) is 0.638. The van der Waals surface area contributed by atoms with Crippen LogP contribution in [0.25, 0.3) is 10.9 Å². The molecule has 2 aromatic carbocycles. The van der Waals surface area contributed by atoms with Crippen molar-refractivity contribution in [2.24, 2.45) is 0 Å². The molecule has 0 bridgehead atoms. The van der Waals surface area contributed by atoms with Gasteiger partial charge in [-0.3, -0.25) is 4.79 Å². The van der Waals surface area contributed by atoms with Gasteiger partial charge < -0.3 is 20.1 Å². The molecule has 6 nitrogen and oxygen atoms in total. The molecule has 1 aliphatic rings. The molecular formula is C24H27FN4O2. The van der Waals surface area contributed by atoms with Crippen LogP contribution >= 0.6 is 0 Å². The molecule has 0 spiro atoms. The van der Waals surface area contributed by atoms with Gasteiger partial charge in [0.15, 0.2) is 0 Å². The maximum absolute atomic E-state index is 13.4. The van der Waals surface area contributed by atoms with Crippen LogP contribution in [-0.2, 0) is 16.9 Å². The van der Waals surface area contributed by atoms with Crippen LogP contribution < -0.4 is 10.6 Å². The Morgan fingerprint density at radius 3 is 2.45 bits per heavy atom. The predicted octanol–water partition coefficient (Wildman–Crippen LogP) is 4.46. The molecule has 1 heterocycles. The lowest BCUT2D eigenvalue weighted by Crippen LogP contribution is -2.45. The molecule has 2 N–H and O–H groups in total. The Bertz CT molecular complexity index is 1100. The molecule has 0 atom stereocenters. The number of anilines is 1. The number of benzene rings is 2. The van der Waals surface area contributed by atoms with Crippen molar-refractivity contribution in [3.05, 3.63) is 66.1 Å². The highest BCUT2D eigenvalue weighted by Crippen LogP contribution is 2.39. The molecule has 0 unspecified atom stereocenters. The van der Waals surface area contributed by atoms with Gasteiger partial charge in [-0.25, -0.2) is 9.18 Å². The van der Waals surface area contributed by atoms with E-state index in [1.54, 1.807) is 31.1 Å². The molecular weight excluding hydrogens is 395 g/mol. The van der Waals surface area contributed by atoms with Crippen molar-refractivity contribution >= 4 is 28.5 Å². The van der Waals surface area contributed by atoms with E-state index < -0.39 is 5.54 Å². The molecule has 1 aliphatic carbocycles. The summed E-state index contributed by atoms with van der Waals surface area (Å²) in [5, 5.41) is 7.01. The first-order valence-electron chi connectivity index (χ1n) is 10.5. The number of rotatable bonds is 5. The number of aromatic nitrogens is 1. The van der Waals surface area contributed by atoms with E-state index in [0.29, 0.717) is 5.69 Å². The number of fused-ring (bicyclic) bond motifs is 1. The minimum Gasteiger partial charge on any atom is -0.347 e. The predicted molar refractivity (Wildman–Crippen MR) is 119 cm³/mol. The second-order valence-electron chi connectivity index (χ2n) is 8.38. The topological polar surface area (TPSA) is 66.4 Å². The zero-order chi connectivity index (χ0) is 22.0. The Balaban J connectivity index is 1.49. The van der Waals surface area contributed by atoms with Crippen molar-refractivity contribution in [3.63, 3.8) is 0 Å². The number of nitrogens with zero attached hydrogens (tertiary/aromatic N) is 2. The van der Waals surface area contributed by atoms with E-state index in [0.717, 1.165) is 42.1 Å². The third-order valence-corrected chi connectivity index (χ3v) is 6.04. The summed E-state index contributed by atoms with van der Waals surface area (Å²) in [6.07, 6.45) is 5.56. The Morgan fingerprint density at radius 1 is 1.06 bits per heavy atom. The van der Waals surface area contributed by atoms with Gasteiger partial charge in [-0.1, -0.05) is 25.0 Å². The van der Waals surface area contributed by atoms with Crippen molar-refractivity contribution in [1.82, 2.24) is 14.8 Å². The number of carbonyl (C=O) groups is 2. The van der Waals surface area contributed by atoms with Crippen LogP contribution in [0.4, 0.5) is 14.9 Å². The lowest BCUT2D eigenvalue weighted by Gasteiger charge is -2.31. The summed E-state index contributed by atoms with van der Waals surface area (Å²) in [5.74, 6) is -0.268. The Morgan fingerprint density at radius 2 is 1.77 bits per heavy atom. The standard InChI is InChI=1S/C24H27FN4O2/c1-28(2)22(30)16-29-14-11-17-15-20(9-10-21(17)29)26-23(31)27-24(12-3-4-13-24)18-5-7-19(25)8-6-18/h5-11,14-15H,3-4,12-13,16H2,1-2H3,(H2,26,27,31). The fourth-order valence-corrected chi connectivity index (χ4v) is 4.32. The fourth-order valence-electron chi connectivity index (χ4n) is 4.32. The van der Waals surface area contributed by atoms with Crippen molar-refractivity contribution in [2.75, 3.05) is 19.4 Å². The lowest BCUT2D eigenvalue weighted by molar-refractivity contribution is -0.129. The first kappa shape index (κ1) is 20.9. The first-order chi connectivity index (χ1) is 14.9. The highest BCUT2D eigenvalue weighted by molar-refractivity contribution is 5.93. The van der Waals surface area contributed by atoms with E-state index in [1.807, 2.05) is 35.0 Å². The van der Waals surface area contributed by atoms with Gasteiger partial charge in [-0.15, -0.1) is 0 Å². The van der Waals surface area contributed by atoms with Crippen LogP contribution in [0.15, 0.2) is 54.7 Å². The monoisotopic (exact) mass is 422 g/mol. The molecule has 3 amide bonds. The maximum atomic E-state index is 13.4. The summed E-state index contributed by atoms with van der Waals surface area (Å²) >= 11 is 0. The van der Waals surface area contributed by atoms with E-state index in [4.69, 9.17) is 0 Å². The minimum absolute atomic E-state index is 0.0155. The van der Waals surface area contributed by atoms with Crippen LogP contribution in [0.5, 0.6) is 0 Å². The summed E-state index contributed by atoms with van der Waals surface area (Å²) < 4.78 is 15.3. The second kappa shape index (κ2) is 8.41. The molecule has 0 radical (unpaired) electrons. The largest absolute Gasteiger partial charge is 0.347 e. The molecule has 4 rings (SSSR count). The van der Waals surface area contributed by atoms with Crippen LogP contribution in [0.3, 0.4) is 0 Å². The number of nitrogens with one attached hydrogen (secondary N) is 2. The van der Waals surface area contributed by atoms with Gasteiger partial charge >= 0.3 is 6.03 Å². The van der Waals surface area contributed by atoms with E-state index in [-0.39, 0.29) is 24.3 Å². The molecule has 7 heteroatoms. The molecule has 162 valence electrons. The highest BCUT2D eigenvalue weighted by Gasteiger charge is 2.37. The van der Waals surface area contributed by atoms with Gasteiger partial charge in [0, 0.05) is 36.9 Å². The third kappa shape index (κ3) is 4.40. The van der Waals surface area contributed by atoms with E-state index in [2.05, 4.69) is 10.6 Å². The normalized spacial score (nSPS) is 15.1. The smallest absolute Gasteiger partial charge is 0.319 e. The number of hydrogen-bond donors (Lipinski definition) is 2. The maximum Gasteiger partial charge on any atom is 0.319 e. The number of hydrogen-bond acceptors (Lipinski definition) is 2. The fraction of sp³-hybridized carbons (Fsp3) is 0.333. The first-order valence-corrected chi connectivity index (χ1v) is 10.5. The number of amides is 3. The molecule has 1 saturated carbocycles. The number of carbonyl (C=O) groups excluding carboxylic acids is 2. The minimum atomic E-state index is -0.474. The van der Waals surface area contributed by atoms with E-state index >= 15 is 0 Å². The van der Waals surface area contributed by atoms with E-state index in [1.165, 1.54) is 12.1 Å². The molecule has 0 saturated heterocycles. The SMILES string of the molecule is CN(C)C(=O)Cn1ccc2cc(NC(=O)NC3(c4ccc(F)cc4)CCCC3)ccc21. The number of likely N-dealkylation sites (N-methyl/N-ethyl adjacent to an activating group) is 1. The third-order valence-electron chi connectivity index (χ3n) is 6.04. The zero-order valence-corrected chi connectivity index (χ0v) is 17.8. The van der Waals surface area contributed by atoms with Crippen LogP contribution in [0, 0.1) is 5.82 Å². The summed E-state index contributed by atoms with van der Waals surface area (Å²) in [6.45, 7) is 0.268.